The summed E-state index contributed by atoms with van der Waals surface area (Å²) in [5.74, 6) is 1.42. The van der Waals surface area contributed by atoms with E-state index in [0.29, 0.717) is 5.82 Å². The van der Waals surface area contributed by atoms with Crippen LogP contribution in [0.1, 0.15) is 33.7 Å². The van der Waals surface area contributed by atoms with Gasteiger partial charge in [-0.25, -0.2) is 4.98 Å². The summed E-state index contributed by atoms with van der Waals surface area (Å²) in [5.41, 5.74) is 3.03. The fourth-order valence-corrected chi connectivity index (χ4v) is 5.77. The van der Waals surface area contributed by atoms with Gasteiger partial charge in [-0.3, -0.25) is 4.79 Å². The van der Waals surface area contributed by atoms with E-state index in [-0.39, 0.29) is 5.91 Å². The molecule has 0 atom stereocenters. The third kappa shape index (κ3) is 3.12. The van der Waals surface area contributed by atoms with Gasteiger partial charge in [-0.1, -0.05) is 0 Å². The van der Waals surface area contributed by atoms with Gasteiger partial charge in [0.05, 0.1) is 4.91 Å². The Bertz CT molecular complexity index is 796. The maximum atomic E-state index is 12.5. The van der Waals surface area contributed by atoms with Gasteiger partial charge in [0, 0.05) is 26.2 Å². The van der Waals surface area contributed by atoms with Crippen LogP contribution in [0, 0.1) is 0 Å². The monoisotopic (exact) mass is 406 g/mol. The molecule has 0 fully saturated rings. The van der Waals surface area contributed by atoms with E-state index in [2.05, 4.69) is 32.3 Å². The summed E-state index contributed by atoms with van der Waals surface area (Å²) < 4.78 is 0.899. The second kappa shape index (κ2) is 6.42. The fraction of sp³-hybridized carbons (Fsp3) is 0.294. The van der Waals surface area contributed by atoms with Crippen molar-refractivity contribution in [3.05, 3.63) is 48.6 Å². The number of aryl methyl sites for hydroxylation is 1. The first-order valence-corrected chi connectivity index (χ1v) is 10.2. The minimum Gasteiger partial charge on any atom is -0.306 e. The predicted octanol–water partition coefficient (Wildman–Crippen LogP) is 5.01. The number of anilines is 1. The van der Waals surface area contributed by atoms with E-state index in [1.54, 1.807) is 29.6 Å². The second-order valence-electron chi connectivity index (χ2n) is 5.67. The average molecular weight is 407 g/mol. The van der Waals surface area contributed by atoms with Crippen molar-refractivity contribution in [3.63, 3.8) is 0 Å². The predicted molar refractivity (Wildman–Crippen MR) is 101 cm³/mol. The quantitative estimate of drug-likeness (QED) is 0.761. The van der Waals surface area contributed by atoms with Gasteiger partial charge < -0.3 is 5.32 Å². The average Bonchev–Trinajstić information content (AvgIpc) is 2.94. The number of nitrogens with zero attached hydrogens (tertiary/aromatic N) is 1. The number of carbonyl (C=O) groups is 1. The molecule has 1 amide bonds. The van der Waals surface area contributed by atoms with Gasteiger partial charge in [-0.05, 0) is 70.9 Å². The summed E-state index contributed by atoms with van der Waals surface area (Å²) in [4.78, 5) is 20.3. The zero-order valence-electron chi connectivity index (χ0n) is 12.4. The van der Waals surface area contributed by atoms with Gasteiger partial charge in [0.1, 0.15) is 5.82 Å². The minimum atomic E-state index is -0.0677. The summed E-state index contributed by atoms with van der Waals surface area (Å²) in [6, 6.07) is 3.67. The van der Waals surface area contributed by atoms with Crippen LogP contribution in [0.4, 0.5) is 5.82 Å². The molecule has 1 aliphatic heterocycles. The van der Waals surface area contributed by atoms with Crippen LogP contribution in [0.5, 0.6) is 0 Å². The topological polar surface area (TPSA) is 42.0 Å². The van der Waals surface area contributed by atoms with Gasteiger partial charge in [0.25, 0.3) is 5.91 Å². The number of thioether (sulfide) groups is 1. The first-order valence-electron chi connectivity index (χ1n) is 7.61. The summed E-state index contributed by atoms with van der Waals surface area (Å²) in [7, 11) is 0. The molecule has 6 heteroatoms. The number of fused-ring (bicyclic) bond motifs is 3. The second-order valence-corrected chi connectivity index (χ2v) is 8.74. The third-order valence-corrected chi connectivity index (χ3v) is 6.94. The summed E-state index contributed by atoms with van der Waals surface area (Å²) >= 11 is 6.85. The lowest BCUT2D eigenvalue weighted by Gasteiger charge is -2.16. The molecule has 3 heterocycles. The Morgan fingerprint density at radius 1 is 1.22 bits per heavy atom. The lowest BCUT2D eigenvalue weighted by molar-refractivity contribution is -0.112. The number of aromatic nitrogens is 1. The number of carbonyl (C=O) groups excluding carboxylic acids is 1. The standard InChI is InChI=1S/C17H15BrN2OS2/c18-10-5-6-16(19-8-10)20-17(21)15-7-14-12(9-22-15)11-3-1-2-4-13(11)23-14/h5-8H,1-4,9H2,(H,19,20,21). The summed E-state index contributed by atoms with van der Waals surface area (Å²) in [5, 5.41) is 2.88. The molecule has 4 rings (SSSR count). The van der Waals surface area contributed by atoms with Crippen LogP contribution in [0.3, 0.4) is 0 Å². The number of hydrogen-bond donors (Lipinski definition) is 1. The van der Waals surface area contributed by atoms with Gasteiger partial charge in [-0.2, -0.15) is 0 Å². The van der Waals surface area contributed by atoms with Crippen LogP contribution in [-0.4, -0.2) is 10.9 Å². The van der Waals surface area contributed by atoms with Crippen LogP contribution >= 0.6 is 39.0 Å². The van der Waals surface area contributed by atoms with Crippen LogP contribution in [0.25, 0.3) is 6.08 Å². The zero-order valence-corrected chi connectivity index (χ0v) is 15.6. The highest BCUT2D eigenvalue weighted by Gasteiger charge is 2.25. The number of amides is 1. The molecule has 1 aliphatic carbocycles. The van der Waals surface area contributed by atoms with E-state index in [1.807, 2.05) is 17.4 Å². The molecule has 118 valence electrons. The van der Waals surface area contributed by atoms with E-state index in [1.165, 1.54) is 41.0 Å². The SMILES string of the molecule is O=C(Nc1ccc(Br)cn1)C1=Cc2sc3c(c2CS1)CCCC3. The molecular weight excluding hydrogens is 392 g/mol. The molecule has 0 saturated heterocycles. The van der Waals surface area contributed by atoms with Crippen molar-refractivity contribution in [3.8, 4) is 0 Å². The van der Waals surface area contributed by atoms with Gasteiger partial charge >= 0.3 is 0 Å². The lowest BCUT2D eigenvalue weighted by atomic mass is 9.95. The van der Waals surface area contributed by atoms with Gasteiger partial charge in [0.15, 0.2) is 0 Å². The summed E-state index contributed by atoms with van der Waals surface area (Å²) in [6.07, 6.45) is 8.75. The molecule has 0 unspecified atom stereocenters. The lowest BCUT2D eigenvalue weighted by Crippen LogP contribution is -2.15. The molecular formula is C17H15BrN2OS2. The molecule has 3 nitrogen and oxygen atoms in total. The minimum absolute atomic E-state index is 0.0677. The third-order valence-electron chi connectivity index (χ3n) is 4.14. The Labute approximate surface area is 151 Å². The van der Waals surface area contributed by atoms with Crippen LogP contribution < -0.4 is 5.32 Å². The fourth-order valence-electron chi connectivity index (χ4n) is 3.00. The van der Waals surface area contributed by atoms with E-state index >= 15 is 0 Å². The maximum absolute atomic E-state index is 12.5. The van der Waals surface area contributed by atoms with E-state index in [4.69, 9.17) is 0 Å². The maximum Gasteiger partial charge on any atom is 0.263 e. The van der Waals surface area contributed by atoms with Crippen molar-refractivity contribution in [2.45, 2.75) is 31.4 Å². The Kier molecular flexibility index (Phi) is 4.30. The Balaban J connectivity index is 1.56. The van der Waals surface area contributed by atoms with Gasteiger partial charge in [0.2, 0.25) is 0 Å². The van der Waals surface area contributed by atoms with Crippen molar-refractivity contribution >= 4 is 56.8 Å². The number of thiophene rings is 1. The molecule has 1 N–H and O–H groups in total. The highest BCUT2D eigenvalue weighted by atomic mass is 79.9. The van der Waals surface area contributed by atoms with Crippen LogP contribution in [0.15, 0.2) is 27.7 Å². The molecule has 2 aromatic rings. The molecule has 0 aromatic carbocycles. The van der Waals surface area contributed by atoms with Crippen LogP contribution in [0.2, 0.25) is 0 Å². The molecule has 0 saturated carbocycles. The van der Waals surface area contributed by atoms with Crippen molar-refractivity contribution in [2.75, 3.05) is 5.32 Å². The number of pyridine rings is 1. The largest absolute Gasteiger partial charge is 0.306 e. The smallest absolute Gasteiger partial charge is 0.263 e. The van der Waals surface area contributed by atoms with E-state index in [0.717, 1.165) is 15.1 Å². The summed E-state index contributed by atoms with van der Waals surface area (Å²) in [6.45, 7) is 0. The van der Waals surface area contributed by atoms with Gasteiger partial charge in [-0.15, -0.1) is 23.1 Å². The first kappa shape index (κ1) is 15.4. The number of nitrogens with one attached hydrogen (secondary N) is 1. The van der Waals surface area contributed by atoms with E-state index in [9.17, 15) is 4.79 Å². The van der Waals surface area contributed by atoms with Crippen molar-refractivity contribution in [1.82, 2.24) is 4.98 Å². The Morgan fingerprint density at radius 3 is 2.91 bits per heavy atom. The Hall–Kier alpha value is -1.11. The Morgan fingerprint density at radius 2 is 2.09 bits per heavy atom. The number of rotatable bonds is 2. The highest BCUT2D eigenvalue weighted by Crippen LogP contribution is 2.42. The molecule has 0 radical (unpaired) electrons. The molecule has 2 aromatic heterocycles. The normalized spacial score (nSPS) is 16.3. The van der Waals surface area contributed by atoms with Crippen molar-refractivity contribution in [2.24, 2.45) is 0 Å². The zero-order chi connectivity index (χ0) is 15.8. The molecule has 0 spiro atoms. The van der Waals surface area contributed by atoms with Crippen LogP contribution in [-0.2, 0) is 23.4 Å². The molecule has 23 heavy (non-hydrogen) atoms. The highest BCUT2D eigenvalue weighted by molar-refractivity contribution is 9.10. The van der Waals surface area contributed by atoms with E-state index < -0.39 is 0 Å². The van der Waals surface area contributed by atoms with Crippen molar-refractivity contribution < 1.29 is 4.79 Å². The first-order chi connectivity index (χ1) is 11.2. The molecule has 2 aliphatic rings. The number of halogens is 1. The van der Waals surface area contributed by atoms with Crippen molar-refractivity contribution in [1.29, 1.82) is 0 Å². The number of hydrogen-bond acceptors (Lipinski definition) is 4. The molecule has 0 bridgehead atoms.